The van der Waals surface area contributed by atoms with Crippen molar-refractivity contribution >= 4 is 0 Å². The fourth-order valence-corrected chi connectivity index (χ4v) is 1.68. The van der Waals surface area contributed by atoms with E-state index in [4.69, 9.17) is 9.47 Å². The molecule has 1 aliphatic rings. The van der Waals surface area contributed by atoms with Crippen molar-refractivity contribution in [2.24, 2.45) is 0 Å². The van der Waals surface area contributed by atoms with E-state index < -0.39 is 0 Å². The lowest BCUT2D eigenvalue weighted by molar-refractivity contribution is -0.0441. The molecule has 0 spiro atoms. The van der Waals surface area contributed by atoms with E-state index in [-0.39, 0.29) is 6.29 Å². The third-order valence-corrected chi connectivity index (χ3v) is 2.41. The van der Waals surface area contributed by atoms with Crippen molar-refractivity contribution in [1.82, 2.24) is 0 Å². The summed E-state index contributed by atoms with van der Waals surface area (Å²) < 4.78 is 10.8. The van der Waals surface area contributed by atoms with Crippen LogP contribution in [0.4, 0.5) is 0 Å². The van der Waals surface area contributed by atoms with E-state index in [1.807, 2.05) is 0 Å². The van der Waals surface area contributed by atoms with Crippen molar-refractivity contribution < 1.29 is 9.47 Å². The van der Waals surface area contributed by atoms with Gasteiger partial charge in [-0.3, -0.25) is 0 Å². The monoisotopic (exact) mass is 192 g/mol. The Hall–Kier alpha value is -0.860. The molecule has 0 aromatic heterocycles. The predicted octanol–water partition coefficient (Wildman–Crippen LogP) is 2.68. The molecular weight excluding hydrogens is 176 g/mol. The molecule has 0 saturated carbocycles. The fraction of sp³-hybridized carbons (Fsp3) is 0.500. The molecule has 14 heavy (non-hydrogen) atoms. The number of aryl methyl sites for hydroxylation is 1. The van der Waals surface area contributed by atoms with Gasteiger partial charge in [0.15, 0.2) is 6.29 Å². The number of benzene rings is 1. The lowest BCUT2D eigenvalue weighted by Gasteiger charge is -2.09. The first-order chi connectivity index (χ1) is 6.90. The quantitative estimate of drug-likeness (QED) is 0.733. The Bertz CT molecular complexity index is 273. The molecule has 0 atom stereocenters. The largest absolute Gasteiger partial charge is 0.346 e. The third-order valence-electron chi connectivity index (χ3n) is 2.41. The first kappa shape index (κ1) is 9.69. The SMILES string of the molecule is CCCc1ccc(C2OCCO2)cc1. The van der Waals surface area contributed by atoms with Crippen molar-refractivity contribution in [1.29, 1.82) is 0 Å². The summed E-state index contributed by atoms with van der Waals surface area (Å²) in [5.74, 6) is 0. The van der Waals surface area contributed by atoms with Crippen molar-refractivity contribution in [3.8, 4) is 0 Å². The first-order valence-electron chi connectivity index (χ1n) is 5.22. The zero-order valence-electron chi connectivity index (χ0n) is 8.53. The first-order valence-corrected chi connectivity index (χ1v) is 5.22. The highest BCUT2D eigenvalue weighted by molar-refractivity contribution is 5.23. The molecule has 2 rings (SSSR count). The second kappa shape index (κ2) is 4.58. The van der Waals surface area contributed by atoms with Crippen molar-refractivity contribution in [3.05, 3.63) is 35.4 Å². The number of hydrogen-bond acceptors (Lipinski definition) is 2. The Kier molecular flexibility index (Phi) is 3.17. The van der Waals surface area contributed by atoms with Gasteiger partial charge < -0.3 is 9.47 Å². The highest BCUT2D eigenvalue weighted by Crippen LogP contribution is 2.23. The number of rotatable bonds is 3. The predicted molar refractivity (Wildman–Crippen MR) is 55.1 cm³/mol. The molecule has 0 amide bonds. The van der Waals surface area contributed by atoms with Crippen LogP contribution in [0, 0.1) is 0 Å². The molecule has 0 unspecified atom stereocenters. The van der Waals surface area contributed by atoms with Crippen LogP contribution in [0.25, 0.3) is 0 Å². The van der Waals surface area contributed by atoms with Gasteiger partial charge in [-0.1, -0.05) is 37.6 Å². The van der Waals surface area contributed by atoms with Gasteiger partial charge in [0.1, 0.15) is 0 Å². The van der Waals surface area contributed by atoms with Crippen molar-refractivity contribution in [2.45, 2.75) is 26.1 Å². The Morgan fingerprint density at radius 3 is 2.36 bits per heavy atom. The van der Waals surface area contributed by atoms with Gasteiger partial charge in [0.25, 0.3) is 0 Å². The van der Waals surface area contributed by atoms with E-state index in [0.29, 0.717) is 13.2 Å². The maximum atomic E-state index is 5.42. The van der Waals surface area contributed by atoms with E-state index in [1.54, 1.807) is 0 Å². The van der Waals surface area contributed by atoms with Gasteiger partial charge >= 0.3 is 0 Å². The summed E-state index contributed by atoms with van der Waals surface area (Å²) in [4.78, 5) is 0. The molecule has 0 radical (unpaired) electrons. The average molecular weight is 192 g/mol. The summed E-state index contributed by atoms with van der Waals surface area (Å²) in [6.07, 6.45) is 2.20. The van der Waals surface area contributed by atoms with Crippen LogP contribution < -0.4 is 0 Å². The summed E-state index contributed by atoms with van der Waals surface area (Å²) in [6, 6.07) is 8.51. The minimum atomic E-state index is -0.134. The summed E-state index contributed by atoms with van der Waals surface area (Å²) >= 11 is 0. The highest BCUT2D eigenvalue weighted by Gasteiger charge is 2.17. The molecular formula is C12H16O2. The van der Waals surface area contributed by atoms with Crippen LogP contribution in [-0.4, -0.2) is 13.2 Å². The van der Waals surface area contributed by atoms with E-state index >= 15 is 0 Å². The van der Waals surface area contributed by atoms with Gasteiger partial charge in [0.05, 0.1) is 13.2 Å². The van der Waals surface area contributed by atoms with Gasteiger partial charge in [-0.15, -0.1) is 0 Å². The molecule has 1 saturated heterocycles. The number of ether oxygens (including phenoxy) is 2. The Labute approximate surface area is 84.8 Å². The summed E-state index contributed by atoms with van der Waals surface area (Å²) in [7, 11) is 0. The topological polar surface area (TPSA) is 18.5 Å². The van der Waals surface area contributed by atoms with Crippen LogP contribution in [0.3, 0.4) is 0 Å². The van der Waals surface area contributed by atoms with Crippen LogP contribution in [0.15, 0.2) is 24.3 Å². The summed E-state index contributed by atoms with van der Waals surface area (Å²) in [5.41, 5.74) is 2.51. The Morgan fingerprint density at radius 2 is 1.79 bits per heavy atom. The van der Waals surface area contributed by atoms with E-state index in [1.165, 1.54) is 12.0 Å². The van der Waals surface area contributed by atoms with Gasteiger partial charge in [0.2, 0.25) is 0 Å². The second-order valence-electron chi connectivity index (χ2n) is 3.57. The van der Waals surface area contributed by atoms with Crippen molar-refractivity contribution in [2.75, 3.05) is 13.2 Å². The molecule has 0 bridgehead atoms. The van der Waals surface area contributed by atoms with Crippen LogP contribution in [0.1, 0.15) is 30.8 Å². The van der Waals surface area contributed by atoms with Gasteiger partial charge in [0, 0.05) is 5.56 Å². The summed E-state index contributed by atoms with van der Waals surface area (Å²) in [5, 5.41) is 0. The lowest BCUT2D eigenvalue weighted by atomic mass is 10.1. The zero-order valence-corrected chi connectivity index (χ0v) is 8.53. The van der Waals surface area contributed by atoms with Gasteiger partial charge in [-0.05, 0) is 12.0 Å². The standard InChI is InChI=1S/C12H16O2/c1-2-3-10-4-6-11(7-5-10)12-13-8-9-14-12/h4-7,12H,2-3,8-9H2,1H3. The van der Waals surface area contributed by atoms with Crippen LogP contribution in [0.2, 0.25) is 0 Å². The highest BCUT2D eigenvalue weighted by atomic mass is 16.7. The molecule has 1 aromatic carbocycles. The van der Waals surface area contributed by atoms with Crippen LogP contribution in [-0.2, 0) is 15.9 Å². The number of hydrogen-bond donors (Lipinski definition) is 0. The summed E-state index contributed by atoms with van der Waals surface area (Å²) in [6.45, 7) is 3.61. The molecule has 0 N–H and O–H groups in total. The molecule has 1 aliphatic heterocycles. The Morgan fingerprint density at radius 1 is 1.14 bits per heavy atom. The maximum Gasteiger partial charge on any atom is 0.184 e. The van der Waals surface area contributed by atoms with Gasteiger partial charge in [-0.2, -0.15) is 0 Å². The average Bonchev–Trinajstić information content (AvgIpc) is 2.72. The smallest absolute Gasteiger partial charge is 0.184 e. The lowest BCUT2D eigenvalue weighted by Crippen LogP contribution is -1.97. The zero-order chi connectivity index (χ0) is 9.80. The van der Waals surface area contributed by atoms with Crippen LogP contribution in [0.5, 0.6) is 0 Å². The van der Waals surface area contributed by atoms with E-state index in [0.717, 1.165) is 12.0 Å². The minimum Gasteiger partial charge on any atom is -0.346 e. The molecule has 2 heteroatoms. The third kappa shape index (κ3) is 2.14. The molecule has 2 nitrogen and oxygen atoms in total. The molecule has 1 fully saturated rings. The molecule has 0 aliphatic carbocycles. The second-order valence-corrected chi connectivity index (χ2v) is 3.57. The molecule has 1 aromatic rings. The normalized spacial score (nSPS) is 17.5. The van der Waals surface area contributed by atoms with Crippen LogP contribution >= 0.6 is 0 Å². The molecule has 1 heterocycles. The van der Waals surface area contributed by atoms with Crippen molar-refractivity contribution in [3.63, 3.8) is 0 Å². The van der Waals surface area contributed by atoms with Gasteiger partial charge in [-0.25, -0.2) is 0 Å². The maximum absolute atomic E-state index is 5.42. The molecule has 76 valence electrons. The van der Waals surface area contributed by atoms with E-state index in [2.05, 4.69) is 31.2 Å². The fourth-order valence-electron chi connectivity index (χ4n) is 1.68. The Balaban J connectivity index is 2.05. The minimum absolute atomic E-state index is 0.134. The van der Waals surface area contributed by atoms with E-state index in [9.17, 15) is 0 Å².